The van der Waals surface area contributed by atoms with Gasteiger partial charge in [0.05, 0.1) is 11.8 Å². The number of nitrogens with zero attached hydrogens (tertiary/aromatic N) is 1. The fourth-order valence-corrected chi connectivity index (χ4v) is 3.93. The highest BCUT2D eigenvalue weighted by Crippen LogP contribution is 2.46. The molecule has 2 rings (SSSR count). The summed E-state index contributed by atoms with van der Waals surface area (Å²) in [5.41, 5.74) is 5.34. The molecule has 2 aliphatic rings. The number of carboxylic acid groups (broad SMARTS) is 1. The van der Waals surface area contributed by atoms with Crippen LogP contribution in [0.2, 0.25) is 0 Å². The van der Waals surface area contributed by atoms with Gasteiger partial charge in [-0.3, -0.25) is 4.79 Å². The SMILES string of the molecule is NC(=S)SC/C=C1\S[C@@H]2CC(=O)N2C1C(=O)O. The number of nitrogens with two attached hydrogens (primary N) is 1. The lowest BCUT2D eigenvalue weighted by Crippen LogP contribution is -2.53. The van der Waals surface area contributed by atoms with Gasteiger partial charge in [0.25, 0.3) is 0 Å². The number of hydrogen-bond donors (Lipinski definition) is 2. The molecular formula is C9H10N2O3S3. The fraction of sp³-hybridized carbons (Fsp3) is 0.444. The van der Waals surface area contributed by atoms with E-state index in [1.807, 2.05) is 0 Å². The molecule has 1 unspecified atom stereocenters. The average molecular weight is 290 g/mol. The maximum Gasteiger partial charge on any atom is 0.331 e. The van der Waals surface area contributed by atoms with Gasteiger partial charge in [-0.15, -0.1) is 11.8 Å². The highest BCUT2D eigenvalue weighted by Gasteiger charge is 2.52. The van der Waals surface area contributed by atoms with Crippen molar-refractivity contribution < 1.29 is 14.7 Å². The van der Waals surface area contributed by atoms with Crippen molar-refractivity contribution >= 4 is 51.9 Å². The topological polar surface area (TPSA) is 83.6 Å². The predicted molar refractivity (Wildman–Crippen MR) is 71.6 cm³/mol. The molecule has 2 aliphatic heterocycles. The van der Waals surface area contributed by atoms with Gasteiger partial charge >= 0.3 is 5.97 Å². The summed E-state index contributed by atoms with van der Waals surface area (Å²) in [6.07, 6.45) is 2.22. The van der Waals surface area contributed by atoms with Gasteiger partial charge in [-0.25, -0.2) is 4.79 Å². The van der Waals surface area contributed by atoms with Crippen LogP contribution >= 0.6 is 35.7 Å². The fourth-order valence-electron chi connectivity index (χ4n) is 1.77. The number of hydrogen-bond acceptors (Lipinski definition) is 5. The van der Waals surface area contributed by atoms with Gasteiger partial charge < -0.3 is 15.7 Å². The summed E-state index contributed by atoms with van der Waals surface area (Å²) in [7, 11) is 0. The third-order valence-electron chi connectivity index (χ3n) is 2.51. The van der Waals surface area contributed by atoms with Crippen LogP contribution in [0.25, 0.3) is 0 Å². The van der Waals surface area contributed by atoms with Crippen LogP contribution in [-0.2, 0) is 9.59 Å². The number of fused-ring (bicyclic) bond motifs is 1. The van der Waals surface area contributed by atoms with Gasteiger partial charge in [0.1, 0.15) is 4.32 Å². The van der Waals surface area contributed by atoms with E-state index in [1.54, 1.807) is 6.08 Å². The molecule has 0 aliphatic carbocycles. The summed E-state index contributed by atoms with van der Waals surface area (Å²) in [5, 5.41) is 9.12. The van der Waals surface area contributed by atoms with E-state index in [2.05, 4.69) is 0 Å². The number of thioether (sulfide) groups is 2. The molecule has 2 fully saturated rings. The smallest absolute Gasteiger partial charge is 0.331 e. The zero-order valence-electron chi connectivity index (χ0n) is 8.66. The lowest BCUT2D eigenvalue weighted by molar-refractivity contribution is -0.154. The minimum Gasteiger partial charge on any atom is -0.479 e. The first-order valence-corrected chi connectivity index (χ1v) is 7.11. The summed E-state index contributed by atoms with van der Waals surface area (Å²) in [5.74, 6) is -0.546. The van der Waals surface area contributed by atoms with Crippen molar-refractivity contribution in [3.8, 4) is 0 Å². The van der Waals surface area contributed by atoms with Crippen LogP contribution < -0.4 is 5.73 Å². The molecule has 0 aromatic heterocycles. The Morgan fingerprint density at radius 3 is 3.00 bits per heavy atom. The molecule has 5 nitrogen and oxygen atoms in total. The lowest BCUT2D eigenvalue weighted by Gasteiger charge is -2.35. The zero-order valence-corrected chi connectivity index (χ0v) is 11.1. The quantitative estimate of drug-likeness (QED) is 0.582. The molecule has 8 heteroatoms. The van der Waals surface area contributed by atoms with Crippen molar-refractivity contribution in [2.45, 2.75) is 17.8 Å². The molecule has 17 heavy (non-hydrogen) atoms. The summed E-state index contributed by atoms with van der Waals surface area (Å²) >= 11 is 7.44. The summed E-state index contributed by atoms with van der Waals surface area (Å²) in [6.45, 7) is 0. The van der Waals surface area contributed by atoms with Crippen LogP contribution in [0, 0.1) is 0 Å². The molecule has 2 atom stereocenters. The van der Waals surface area contributed by atoms with Gasteiger partial charge in [0.15, 0.2) is 6.04 Å². The number of aliphatic carboxylic acids is 1. The minimum absolute atomic E-state index is 0.00956. The maximum absolute atomic E-state index is 11.3. The van der Waals surface area contributed by atoms with E-state index in [4.69, 9.17) is 23.1 Å². The Hall–Kier alpha value is -0.730. The van der Waals surface area contributed by atoms with Crippen LogP contribution in [0.4, 0.5) is 0 Å². The predicted octanol–water partition coefficient (Wildman–Crippen LogP) is 0.606. The first-order chi connectivity index (χ1) is 8.00. The molecule has 0 radical (unpaired) electrons. The zero-order chi connectivity index (χ0) is 12.6. The third-order valence-corrected chi connectivity index (χ3v) is 4.81. The van der Waals surface area contributed by atoms with Crippen molar-refractivity contribution in [1.29, 1.82) is 0 Å². The van der Waals surface area contributed by atoms with Crippen molar-refractivity contribution in [2.24, 2.45) is 5.73 Å². The van der Waals surface area contributed by atoms with Gasteiger partial charge in [-0.1, -0.05) is 30.1 Å². The van der Waals surface area contributed by atoms with Crippen molar-refractivity contribution in [3.05, 3.63) is 11.0 Å². The lowest BCUT2D eigenvalue weighted by atomic mass is 10.1. The normalized spacial score (nSPS) is 29.1. The average Bonchev–Trinajstić information content (AvgIpc) is 2.50. The minimum atomic E-state index is -0.986. The molecule has 0 bridgehead atoms. The first-order valence-electron chi connectivity index (χ1n) is 4.83. The molecule has 0 aromatic rings. The summed E-state index contributed by atoms with van der Waals surface area (Å²) in [6, 6.07) is -0.821. The molecule has 92 valence electrons. The molecule has 2 heterocycles. The first kappa shape index (κ1) is 12.7. The number of carbonyl (C=O) groups excluding carboxylic acids is 1. The molecule has 2 saturated heterocycles. The third kappa shape index (κ3) is 2.43. The number of rotatable bonds is 3. The Morgan fingerprint density at radius 1 is 1.76 bits per heavy atom. The van der Waals surface area contributed by atoms with E-state index < -0.39 is 12.0 Å². The Kier molecular flexibility index (Phi) is 3.64. The maximum atomic E-state index is 11.3. The second-order valence-corrected chi connectivity index (χ2v) is 6.57. The second kappa shape index (κ2) is 4.87. The van der Waals surface area contributed by atoms with E-state index in [1.165, 1.54) is 28.4 Å². The Balaban J connectivity index is 2.09. The van der Waals surface area contributed by atoms with Crippen LogP contribution in [0.3, 0.4) is 0 Å². The molecule has 0 spiro atoms. The van der Waals surface area contributed by atoms with Gasteiger partial charge in [0.2, 0.25) is 5.91 Å². The number of thiocarbonyl (C=S) groups is 1. The summed E-state index contributed by atoms with van der Waals surface area (Å²) in [4.78, 5) is 24.6. The van der Waals surface area contributed by atoms with Gasteiger partial charge in [-0.2, -0.15) is 0 Å². The number of amides is 1. The Bertz CT molecular complexity index is 424. The summed E-state index contributed by atoms with van der Waals surface area (Å²) < 4.78 is 0.330. The standard InChI is InChI=1S/C9H10N2O3S3/c10-9(15)16-2-1-4-7(8(13)14)11-5(12)3-6(11)17-4/h1,6-7H,2-3H2,(H2,10,15)(H,13,14)/b4-1-/t6-,7?/m1/s1. The van der Waals surface area contributed by atoms with Gasteiger partial charge in [0, 0.05) is 10.7 Å². The van der Waals surface area contributed by atoms with Gasteiger partial charge in [-0.05, 0) is 0 Å². The van der Waals surface area contributed by atoms with Crippen LogP contribution in [-0.4, -0.2) is 43.4 Å². The van der Waals surface area contributed by atoms with Crippen LogP contribution in [0.1, 0.15) is 6.42 Å². The largest absolute Gasteiger partial charge is 0.479 e. The number of β-lactam (4-membered cyclic amide) rings is 1. The monoisotopic (exact) mass is 290 g/mol. The molecule has 3 N–H and O–H groups in total. The number of carbonyl (C=O) groups is 2. The molecule has 0 saturated carbocycles. The van der Waals surface area contributed by atoms with E-state index in [0.717, 1.165) is 0 Å². The van der Waals surface area contributed by atoms with Crippen molar-refractivity contribution in [3.63, 3.8) is 0 Å². The Labute approximate surface area is 112 Å². The van der Waals surface area contributed by atoms with E-state index in [-0.39, 0.29) is 11.3 Å². The highest BCUT2D eigenvalue weighted by atomic mass is 32.2. The second-order valence-electron chi connectivity index (χ2n) is 3.55. The van der Waals surface area contributed by atoms with E-state index in [9.17, 15) is 9.59 Å². The van der Waals surface area contributed by atoms with Crippen LogP contribution in [0.15, 0.2) is 11.0 Å². The Morgan fingerprint density at radius 2 is 2.47 bits per heavy atom. The van der Waals surface area contributed by atoms with E-state index in [0.29, 0.717) is 21.4 Å². The molecular weight excluding hydrogens is 280 g/mol. The van der Waals surface area contributed by atoms with Crippen molar-refractivity contribution in [1.82, 2.24) is 4.90 Å². The molecule has 1 amide bonds. The molecule has 0 aromatic carbocycles. The van der Waals surface area contributed by atoms with Crippen LogP contribution in [0.5, 0.6) is 0 Å². The number of carboxylic acids is 1. The van der Waals surface area contributed by atoms with Crippen molar-refractivity contribution in [2.75, 3.05) is 5.75 Å². The van der Waals surface area contributed by atoms with E-state index >= 15 is 0 Å². The highest BCUT2D eigenvalue weighted by molar-refractivity contribution is 8.23.